The monoisotopic (exact) mass is 537 g/mol. The Morgan fingerprint density at radius 3 is 2.31 bits per heavy atom. The summed E-state index contributed by atoms with van der Waals surface area (Å²) in [6.45, 7) is 6.04. The van der Waals surface area contributed by atoms with Crippen molar-refractivity contribution in [1.29, 1.82) is 0 Å². The van der Waals surface area contributed by atoms with Gasteiger partial charge in [0.1, 0.15) is 11.3 Å². The summed E-state index contributed by atoms with van der Waals surface area (Å²) in [6.07, 6.45) is 4.94. The molecule has 1 aromatic heterocycles. The fourth-order valence-corrected chi connectivity index (χ4v) is 5.17. The highest BCUT2D eigenvalue weighted by Crippen LogP contribution is 2.37. The van der Waals surface area contributed by atoms with Crippen molar-refractivity contribution in [3.8, 4) is 28.3 Å². The molecule has 5 nitrogen and oxygen atoms in total. The molecule has 0 aliphatic carbocycles. The van der Waals surface area contributed by atoms with Crippen LogP contribution in [-0.2, 0) is 6.61 Å². The maximum Gasteiger partial charge on any atom is 0.227 e. The van der Waals surface area contributed by atoms with E-state index >= 15 is 0 Å². The van der Waals surface area contributed by atoms with E-state index in [9.17, 15) is 9.90 Å². The van der Waals surface area contributed by atoms with Crippen LogP contribution in [0.4, 0.5) is 0 Å². The first-order valence-electron chi connectivity index (χ1n) is 12.6. The van der Waals surface area contributed by atoms with Gasteiger partial charge in [0.25, 0.3) is 0 Å². The van der Waals surface area contributed by atoms with E-state index in [0.717, 1.165) is 50.8 Å². The third-order valence-electron chi connectivity index (χ3n) is 7.10. The Morgan fingerprint density at radius 2 is 1.59 bits per heavy atom. The number of carbonyl (C=O) groups excluding carboxylic acids is 1. The number of hydrogen-bond acceptors (Lipinski definition) is 5. The van der Waals surface area contributed by atoms with Crippen LogP contribution in [0.1, 0.15) is 43.7 Å². The molecular formula is C33H28ClNO4. The summed E-state index contributed by atoms with van der Waals surface area (Å²) in [5.41, 5.74) is 10.7. The average Bonchev–Trinajstić information content (AvgIpc) is 3.37. The van der Waals surface area contributed by atoms with Gasteiger partial charge in [0, 0.05) is 5.56 Å². The van der Waals surface area contributed by atoms with Gasteiger partial charge in [-0.25, -0.2) is 4.98 Å². The maximum atomic E-state index is 11.4. The summed E-state index contributed by atoms with van der Waals surface area (Å²) < 4.78 is 11.5. The molecule has 5 aromatic rings. The van der Waals surface area contributed by atoms with Crippen molar-refractivity contribution in [2.75, 3.05) is 7.11 Å². The largest absolute Gasteiger partial charge is 0.496 e. The van der Waals surface area contributed by atoms with Gasteiger partial charge < -0.3 is 14.3 Å². The first-order valence-corrected chi connectivity index (χ1v) is 12.9. The topological polar surface area (TPSA) is 72.6 Å². The lowest BCUT2D eigenvalue weighted by Gasteiger charge is -2.14. The molecule has 196 valence electrons. The molecule has 0 saturated carbocycles. The number of methoxy groups -OCH3 is 1. The normalized spacial score (nSPS) is 11.4. The first-order chi connectivity index (χ1) is 18.8. The highest BCUT2D eigenvalue weighted by Gasteiger charge is 2.17. The minimum absolute atomic E-state index is 0.117. The molecule has 39 heavy (non-hydrogen) atoms. The number of rotatable bonds is 7. The van der Waals surface area contributed by atoms with Gasteiger partial charge in [0.2, 0.25) is 5.89 Å². The van der Waals surface area contributed by atoms with Crippen LogP contribution in [0.15, 0.2) is 65.1 Å². The maximum absolute atomic E-state index is 11.4. The van der Waals surface area contributed by atoms with E-state index in [4.69, 9.17) is 20.8 Å². The summed E-state index contributed by atoms with van der Waals surface area (Å²) in [7, 11) is 1.57. The molecular weight excluding hydrogens is 510 g/mol. The van der Waals surface area contributed by atoms with Gasteiger partial charge in [-0.3, -0.25) is 4.79 Å². The molecule has 1 N–H and O–H groups in total. The number of hydrogen-bond donors (Lipinski definition) is 1. The zero-order chi connectivity index (χ0) is 27.7. The number of halogens is 1. The summed E-state index contributed by atoms with van der Waals surface area (Å²) in [6, 6.07) is 19.5. The van der Waals surface area contributed by atoms with Crippen molar-refractivity contribution in [2.45, 2.75) is 27.4 Å². The minimum Gasteiger partial charge on any atom is -0.496 e. The minimum atomic E-state index is -0.117. The zero-order valence-electron chi connectivity index (χ0n) is 22.2. The molecule has 0 saturated heterocycles. The number of aliphatic hydroxyl groups excluding tert-OH is 1. The SMILES string of the molecule is COc1cc(/C=C/c2cccc(-c3cccc(-c4nc5cc(CO)cc(Cl)c5o4)c3C)c2C)c(C)cc1C=O. The van der Waals surface area contributed by atoms with Crippen molar-refractivity contribution in [2.24, 2.45) is 0 Å². The van der Waals surface area contributed by atoms with E-state index in [0.29, 0.717) is 38.9 Å². The highest BCUT2D eigenvalue weighted by atomic mass is 35.5. The third kappa shape index (κ3) is 4.99. The smallest absolute Gasteiger partial charge is 0.227 e. The number of aldehydes is 1. The number of nitrogens with zero attached hydrogens (tertiary/aromatic N) is 1. The Bertz CT molecular complexity index is 1750. The van der Waals surface area contributed by atoms with Crippen LogP contribution in [0, 0.1) is 20.8 Å². The number of oxazole rings is 1. The second kappa shape index (κ2) is 10.9. The van der Waals surface area contributed by atoms with Crippen LogP contribution >= 0.6 is 11.6 Å². The molecule has 0 atom stereocenters. The Labute approximate surface area is 232 Å². The van der Waals surface area contributed by atoms with E-state index in [-0.39, 0.29) is 6.61 Å². The van der Waals surface area contributed by atoms with Crippen LogP contribution in [0.2, 0.25) is 5.02 Å². The second-order valence-electron chi connectivity index (χ2n) is 9.50. The lowest BCUT2D eigenvalue weighted by Crippen LogP contribution is -1.94. The quantitative estimate of drug-likeness (QED) is 0.167. The third-order valence-corrected chi connectivity index (χ3v) is 7.39. The second-order valence-corrected chi connectivity index (χ2v) is 9.91. The van der Waals surface area contributed by atoms with E-state index in [1.54, 1.807) is 19.2 Å². The molecule has 5 rings (SSSR count). The van der Waals surface area contributed by atoms with Crippen molar-refractivity contribution < 1.29 is 19.1 Å². The first kappa shape index (κ1) is 26.4. The molecule has 0 fully saturated rings. The number of benzene rings is 4. The number of fused-ring (bicyclic) bond motifs is 1. The summed E-state index contributed by atoms with van der Waals surface area (Å²) >= 11 is 6.39. The van der Waals surface area contributed by atoms with E-state index in [1.165, 1.54) is 0 Å². The molecule has 0 amide bonds. The van der Waals surface area contributed by atoms with Gasteiger partial charge in [-0.15, -0.1) is 0 Å². The molecule has 0 spiro atoms. The van der Waals surface area contributed by atoms with E-state index in [2.05, 4.69) is 43.1 Å². The van der Waals surface area contributed by atoms with Crippen LogP contribution in [0.5, 0.6) is 5.75 Å². The molecule has 0 aliphatic rings. The summed E-state index contributed by atoms with van der Waals surface area (Å²) in [5.74, 6) is 1.04. The van der Waals surface area contributed by atoms with E-state index < -0.39 is 0 Å². The Kier molecular flexibility index (Phi) is 7.38. The summed E-state index contributed by atoms with van der Waals surface area (Å²) in [5, 5.41) is 9.95. The van der Waals surface area contributed by atoms with Gasteiger partial charge in [0.15, 0.2) is 11.9 Å². The number of aromatic nitrogens is 1. The summed E-state index contributed by atoms with van der Waals surface area (Å²) in [4.78, 5) is 16.0. The number of aliphatic hydroxyl groups is 1. The van der Waals surface area contributed by atoms with Gasteiger partial charge in [-0.05, 0) is 95.6 Å². The Balaban J connectivity index is 1.54. The van der Waals surface area contributed by atoms with Crippen LogP contribution in [0.3, 0.4) is 0 Å². The molecule has 0 radical (unpaired) electrons. The van der Waals surface area contributed by atoms with Crippen LogP contribution < -0.4 is 4.74 Å². The van der Waals surface area contributed by atoms with Gasteiger partial charge in [-0.2, -0.15) is 0 Å². The highest BCUT2D eigenvalue weighted by molar-refractivity contribution is 6.34. The van der Waals surface area contributed by atoms with Crippen LogP contribution in [0.25, 0.3) is 45.8 Å². The molecule has 1 heterocycles. The molecule has 4 aromatic carbocycles. The standard InChI is InChI=1S/C33H28ClNO4/c1-19-13-25(18-37)31(38-4)16-24(19)12-11-23-7-5-8-26(20(23)2)27-9-6-10-28(21(27)3)33-35-30-15-22(17-36)14-29(34)32(30)39-33/h5-16,18,36H,17H2,1-4H3/b12-11+. The molecule has 6 heteroatoms. The Hall–Kier alpha value is -4.19. The van der Waals surface area contributed by atoms with E-state index in [1.807, 2.05) is 43.3 Å². The fraction of sp³-hybridized carbons (Fsp3) is 0.152. The van der Waals surface area contributed by atoms with Gasteiger partial charge in [0.05, 0.1) is 24.3 Å². The predicted molar refractivity (Wildman–Crippen MR) is 157 cm³/mol. The van der Waals surface area contributed by atoms with Crippen LogP contribution in [-0.4, -0.2) is 23.5 Å². The van der Waals surface area contributed by atoms with Crippen molar-refractivity contribution in [1.82, 2.24) is 4.98 Å². The van der Waals surface area contributed by atoms with Gasteiger partial charge >= 0.3 is 0 Å². The van der Waals surface area contributed by atoms with Crippen molar-refractivity contribution >= 4 is 41.1 Å². The predicted octanol–water partition coefficient (Wildman–Crippen LogP) is 8.22. The fourth-order valence-electron chi connectivity index (χ4n) is 4.89. The number of aryl methyl sites for hydroxylation is 1. The lowest BCUT2D eigenvalue weighted by atomic mass is 9.91. The average molecular weight is 538 g/mol. The van der Waals surface area contributed by atoms with Crippen molar-refractivity contribution in [3.63, 3.8) is 0 Å². The van der Waals surface area contributed by atoms with Gasteiger partial charge in [-0.1, -0.05) is 54.1 Å². The van der Waals surface area contributed by atoms with Crippen molar-refractivity contribution in [3.05, 3.63) is 105 Å². The lowest BCUT2D eigenvalue weighted by molar-refractivity contribution is 0.112. The molecule has 0 bridgehead atoms. The zero-order valence-corrected chi connectivity index (χ0v) is 23.0. The molecule has 0 unspecified atom stereocenters. The Morgan fingerprint density at radius 1 is 0.897 bits per heavy atom. The number of ether oxygens (including phenoxy) is 1. The molecule has 0 aliphatic heterocycles. The number of carbonyl (C=O) groups is 1.